The van der Waals surface area contributed by atoms with Crippen molar-refractivity contribution in [1.82, 2.24) is 15.1 Å². The first-order valence-corrected chi connectivity index (χ1v) is 9.02. The third-order valence-corrected chi connectivity index (χ3v) is 4.94. The second kappa shape index (κ2) is 7.89. The van der Waals surface area contributed by atoms with Gasteiger partial charge in [-0.05, 0) is 44.2 Å². The number of nitrogens with one attached hydrogen (secondary N) is 1. The highest BCUT2D eigenvalue weighted by atomic mass is 32.2. The molecule has 7 heteroatoms. The predicted octanol–water partition coefficient (Wildman–Crippen LogP) is 1.07. The van der Waals surface area contributed by atoms with Crippen molar-refractivity contribution in [3.8, 4) is 0 Å². The molecule has 2 aliphatic heterocycles. The van der Waals surface area contributed by atoms with Gasteiger partial charge in [-0.15, -0.1) is 0 Å². The van der Waals surface area contributed by atoms with Gasteiger partial charge in [0.15, 0.2) is 0 Å². The molecule has 6 nitrogen and oxygen atoms in total. The van der Waals surface area contributed by atoms with Gasteiger partial charge >= 0.3 is 12.0 Å². The first-order chi connectivity index (χ1) is 10.1. The number of nitrogens with zero attached hydrogens (tertiary/aromatic N) is 2. The molecule has 0 aliphatic carbocycles. The highest BCUT2D eigenvalue weighted by Crippen LogP contribution is 2.21. The monoisotopic (exact) mass is 315 g/mol. The van der Waals surface area contributed by atoms with E-state index in [0.717, 1.165) is 38.2 Å². The number of urea groups is 1. The maximum Gasteiger partial charge on any atom is 0.326 e. The van der Waals surface area contributed by atoms with Gasteiger partial charge in [-0.2, -0.15) is 11.8 Å². The van der Waals surface area contributed by atoms with E-state index in [1.807, 2.05) is 6.26 Å². The van der Waals surface area contributed by atoms with Gasteiger partial charge in [0.25, 0.3) is 0 Å². The quantitative estimate of drug-likeness (QED) is 0.794. The fraction of sp³-hybridized carbons (Fsp3) is 0.857. The van der Waals surface area contributed by atoms with Gasteiger partial charge in [0.05, 0.1) is 0 Å². The molecule has 2 rings (SSSR count). The molecule has 2 amide bonds. The van der Waals surface area contributed by atoms with Crippen LogP contribution < -0.4 is 5.32 Å². The van der Waals surface area contributed by atoms with Crippen LogP contribution in [0.4, 0.5) is 4.79 Å². The molecule has 2 heterocycles. The average Bonchev–Trinajstić information content (AvgIpc) is 2.79. The van der Waals surface area contributed by atoms with Crippen LogP contribution in [0.5, 0.6) is 0 Å². The summed E-state index contributed by atoms with van der Waals surface area (Å²) >= 11 is 1.59. The number of hydrogen-bond acceptors (Lipinski definition) is 4. The van der Waals surface area contributed by atoms with E-state index in [1.54, 1.807) is 16.7 Å². The lowest BCUT2D eigenvalue weighted by atomic mass is 10.2. The predicted molar refractivity (Wildman–Crippen MR) is 83.7 cm³/mol. The van der Waals surface area contributed by atoms with E-state index >= 15 is 0 Å². The zero-order chi connectivity index (χ0) is 15.2. The first kappa shape index (κ1) is 16.4. The fourth-order valence-corrected chi connectivity index (χ4v) is 3.60. The molecule has 0 spiro atoms. The molecule has 0 saturated carbocycles. The molecule has 2 fully saturated rings. The van der Waals surface area contributed by atoms with Crippen molar-refractivity contribution in [2.24, 2.45) is 0 Å². The van der Waals surface area contributed by atoms with E-state index < -0.39 is 12.0 Å². The second-order valence-electron chi connectivity index (χ2n) is 5.75. The zero-order valence-corrected chi connectivity index (χ0v) is 13.4. The smallest absolute Gasteiger partial charge is 0.326 e. The van der Waals surface area contributed by atoms with E-state index in [0.29, 0.717) is 19.0 Å². The van der Waals surface area contributed by atoms with Crippen LogP contribution in [0.15, 0.2) is 0 Å². The maximum atomic E-state index is 12.3. The lowest BCUT2D eigenvalue weighted by Gasteiger charge is -2.27. The molecule has 2 unspecified atom stereocenters. The highest BCUT2D eigenvalue weighted by molar-refractivity contribution is 7.98. The highest BCUT2D eigenvalue weighted by Gasteiger charge is 2.31. The van der Waals surface area contributed by atoms with Crippen LogP contribution in [0.1, 0.15) is 25.7 Å². The average molecular weight is 315 g/mol. The molecular formula is C14H25N3O3S. The van der Waals surface area contributed by atoms with E-state index in [9.17, 15) is 14.7 Å². The minimum absolute atomic E-state index is 0.225. The minimum Gasteiger partial charge on any atom is -0.480 e. The molecule has 2 aliphatic rings. The number of carbonyl (C=O) groups excluding carboxylic acids is 1. The van der Waals surface area contributed by atoms with Crippen molar-refractivity contribution in [3.63, 3.8) is 0 Å². The normalized spacial score (nSPS) is 24.2. The van der Waals surface area contributed by atoms with E-state index in [1.165, 1.54) is 6.42 Å². The Labute approximate surface area is 130 Å². The molecular weight excluding hydrogens is 290 g/mol. The summed E-state index contributed by atoms with van der Waals surface area (Å²) in [6.45, 7) is 3.61. The van der Waals surface area contributed by atoms with Crippen molar-refractivity contribution in [2.45, 2.75) is 37.8 Å². The Hall–Kier alpha value is -0.950. The van der Waals surface area contributed by atoms with Crippen molar-refractivity contribution < 1.29 is 14.7 Å². The Morgan fingerprint density at radius 3 is 2.81 bits per heavy atom. The Bertz CT molecular complexity index is 380. The van der Waals surface area contributed by atoms with Crippen LogP contribution in [0, 0.1) is 0 Å². The molecule has 0 aromatic heterocycles. The van der Waals surface area contributed by atoms with E-state index in [4.69, 9.17) is 0 Å². The number of rotatable bonds is 5. The standard InChI is InChI=1S/C14H25N3O3S/c1-21-9-5-12(13(18)19)15-14(20)17-8-3-7-16-6-2-4-11(16)10-17/h11-12H,2-10H2,1H3,(H,15,20)(H,18,19). The number of fused-ring (bicyclic) bond motifs is 1. The van der Waals surface area contributed by atoms with Crippen LogP contribution in [-0.2, 0) is 4.79 Å². The number of hydrogen-bond donors (Lipinski definition) is 2. The third-order valence-electron chi connectivity index (χ3n) is 4.30. The number of carboxylic acid groups (broad SMARTS) is 1. The summed E-state index contributed by atoms with van der Waals surface area (Å²) in [6, 6.07) is -0.558. The van der Waals surface area contributed by atoms with Crippen LogP contribution in [0.3, 0.4) is 0 Å². The molecule has 0 aromatic rings. The van der Waals surface area contributed by atoms with Crippen molar-refractivity contribution in [1.29, 1.82) is 0 Å². The summed E-state index contributed by atoms with van der Waals surface area (Å²) in [7, 11) is 0. The van der Waals surface area contributed by atoms with Crippen molar-refractivity contribution >= 4 is 23.8 Å². The number of amides is 2. The lowest BCUT2D eigenvalue weighted by Crippen LogP contribution is -2.50. The van der Waals surface area contributed by atoms with Gasteiger partial charge in [0.1, 0.15) is 6.04 Å². The molecule has 2 N–H and O–H groups in total. The number of carboxylic acids is 1. The summed E-state index contributed by atoms with van der Waals surface area (Å²) < 4.78 is 0. The third kappa shape index (κ3) is 4.51. The Balaban J connectivity index is 1.90. The maximum absolute atomic E-state index is 12.3. The summed E-state index contributed by atoms with van der Waals surface area (Å²) in [5.74, 6) is -0.220. The lowest BCUT2D eigenvalue weighted by molar-refractivity contribution is -0.139. The van der Waals surface area contributed by atoms with Gasteiger partial charge in [0.2, 0.25) is 0 Å². The molecule has 0 aromatic carbocycles. The molecule has 2 atom stereocenters. The number of aliphatic carboxylic acids is 1. The van der Waals surface area contributed by atoms with Gasteiger partial charge in [-0.3, -0.25) is 4.90 Å². The van der Waals surface area contributed by atoms with E-state index in [2.05, 4.69) is 10.2 Å². The second-order valence-corrected chi connectivity index (χ2v) is 6.74. The number of carbonyl (C=O) groups is 2. The summed E-state index contributed by atoms with van der Waals surface area (Å²) in [6.07, 6.45) is 5.70. The topological polar surface area (TPSA) is 72.9 Å². The molecule has 120 valence electrons. The molecule has 2 saturated heterocycles. The van der Waals surface area contributed by atoms with Crippen molar-refractivity contribution in [2.75, 3.05) is 38.2 Å². The Kier molecular flexibility index (Phi) is 6.17. The number of thioether (sulfide) groups is 1. The molecule has 0 bridgehead atoms. The van der Waals surface area contributed by atoms with Gasteiger partial charge in [-0.25, -0.2) is 9.59 Å². The van der Waals surface area contributed by atoms with Crippen LogP contribution in [0.2, 0.25) is 0 Å². The largest absolute Gasteiger partial charge is 0.480 e. The van der Waals surface area contributed by atoms with Crippen molar-refractivity contribution in [3.05, 3.63) is 0 Å². The van der Waals surface area contributed by atoms with Gasteiger partial charge in [-0.1, -0.05) is 0 Å². The van der Waals surface area contributed by atoms with Gasteiger partial charge < -0.3 is 15.3 Å². The van der Waals surface area contributed by atoms with Crippen LogP contribution in [0.25, 0.3) is 0 Å². The summed E-state index contributed by atoms with van der Waals surface area (Å²) in [5.41, 5.74) is 0. The Morgan fingerprint density at radius 2 is 2.10 bits per heavy atom. The molecule has 21 heavy (non-hydrogen) atoms. The Morgan fingerprint density at radius 1 is 1.33 bits per heavy atom. The van der Waals surface area contributed by atoms with Gasteiger partial charge in [0, 0.05) is 25.7 Å². The summed E-state index contributed by atoms with van der Waals surface area (Å²) in [4.78, 5) is 27.8. The fourth-order valence-electron chi connectivity index (χ4n) is 3.12. The first-order valence-electron chi connectivity index (χ1n) is 7.63. The molecule has 0 radical (unpaired) electrons. The van der Waals surface area contributed by atoms with Crippen LogP contribution >= 0.6 is 11.8 Å². The van der Waals surface area contributed by atoms with Crippen LogP contribution in [-0.4, -0.2) is 77.2 Å². The van der Waals surface area contributed by atoms with E-state index in [-0.39, 0.29) is 6.03 Å². The summed E-state index contributed by atoms with van der Waals surface area (Å²) in [5, 5.41) is 11.9. The minimum atomic E-state index is -0.949. The zero-order valence-electron chi connectivity index (χ0n) is 12.6. The SMILES string of the molecule is CSCCC(NC(=O)N1CCCN2CCCC2C1)C(=O)O.